The minimum atomic E-state index is -0.308. The first-order valence-electron chi connectivity index (χ1n) is 9.59. The monoisotopic (exact) mass is 406 g/mol. The normalized spacial score (nSPS) is 18.4. The van der Waals surface area contributed by atoms with Gasteiger partial charge in [0.15, 0.2) is 0 Å². The van der Waals surface area contributed by atoms with Crippen molar-refractivity contribution < 1.29 is 9.59 Å². The Kier molecular flexibility index (Phi) is 5.22. The molecule has 0 bridgehead atoms. The second kappa shape index (κ2) is 7.82. The van der Waals surface area contributed by atoms with Gasteiger partial charge in [-0.25, -0.2) is 4.90 Å². The van der Waals surface area contributed by atoms with Crippen LogP contribution in [0.2, 0.25) is 0 Å². The summed E-state index contributed by atoms with van der Waals surface area (Å²) in [6.45, 7) is 1.94. The molecule has 0 saturated carbocycles. The van der Waals surface area contributed by atoms with Crippen LogP contribution in [0.15, 0.2) is 47.5 Å². The molecule has 2 amide bonds. The molecule has 6 nitrogen and oxygen atoms in total. The van der Waals surface area contributed by atoms with Gasteiger partial charge in [-0.05, 0) is 68.7 Å². The number of likely N-dealkylation sites (N-methyl/N-ethyl adjacent to an activating group) is 1. The van der Waals surface area contributed by atoms with E-state index in [1.54, 1.807) is 24.3 Å². The Hall–Kier alpha value is -2.95. The zero-order valence-electron chi connectivity index (χ0n) is 16.5. The van der Waals surface area contributed by atoms with E-state index < -0.39 is 0 Å². The summed E-state index contributed by atoms with van der Waals surface area (Å²) in [6.07, 6.45) is 1.90. The molecule has 2 aliphatic rings. The van der Waals surface area contributed by atoms with Crippen molar-refractivity contribution in [2.24, 2.45) is 0 Å². The number of hydrogen-bond acceptors (Lipinski definition) is 6. The number of benzene rings is 1. The van der Waals surface area contributed by atoms with Crippen molar-refractivity contribution in [2.75, 3.05) is 32.1 Å². The number of amides is 2. The Morgan fingerprint density at radius 2 is 1.79 bits per heavy atom. The van der Waals surface area contributed by atoms with Gasteiger partial charge in [0.25, 0.3) is 11.8 Å². The van der Waals surface area contributed by atoms with E-state index >= 15 is 0 Å². The summed E-state index contributed by atoms with van der Waals surface area (Å²) in [5.74, 6) is -0.610. The van der Waals surface area contributed by atoms with Gasteiger partial charge in [0.2, 0.25) is 0 Å². The molecule has 2 aliphatic heterocycles. The zero-order chi connectivity index (χ0) is 20.5. The van der Waals surface area contributed by atoms with Crippen molar-refractivity contribution in [2.45, 2.75) is 18.9 Å². The van der Waals surface area contributed by atoms with E-state index in [-0.39, 0.29) is 17.9 Å². The third-order valence-corrected chi connectivity index (χ3v) is 6.56. The highest BCUT2D eigenvalue weighted by Crippen LogP contribution is 2.37. The molecular weight excluding hydrogens is 384 g/mol. The minimum Gasteiger partial charge on any atom is -0.366 e. The molecule has 0 N–H and O–H groups in total. The molecule has 0 spiro atoms. The molecule has 1 aromatic heterocycles. The summed E-state index contributed by atoms with van der Waals surface area (Å²) >= 11 is 1.46. The molecule has 0 atom stereocenters. The lowest BCUT2D eigenvalue weighted by Gasteiger charge is -2.36. The average Bonchev–Trinajstić information content (AvgIpc) is 3.34. The Bertz CT molecular complexity index is 996. The molecule has 29 heavy (non-hydrogen) atoms. The van der Waals surface area contributed by atoms with Crippen LogP contribution in [0.1, 0.15) is 23.3 Å². The Labute approximate surface area is 174 Å². The van der Waals surface area contributed by atoms with Gasteiger partial charge < -0.3 is 9.80 Å². The second-order valence-electron chi connectivity index (χ2n) is 7.45. The summed E-state index contributed by atoms with van der Waals surface area (Å²) in [4.78, 5) is 33.2. The number of hydrogen-bond donors (Lipinski definition) is 0. The first-order chi connectivity index (χ1) is 14.0. The van der Waals surface area contributed by atoms with Gasteiger partial charge >= 0.3 is 0 Å². The Balaban J connectivity index is 1.73. The quantitative estimate of drug-likeness (QED) is 0.731. The van der Waals surface area contributed by atoms with E-state index in [2.05, 4.69) is 18.0 Å². The Morgan fingerprint density at radius 3 is 2.38 bits per heavy atom. The standard InChI is InChI=1S/C22H22N4O2S/c1-24-11-9-16(10-12-24)25(2)20-19(18-4-3-13-29-18)21(27)26(22(20)28)17-7-5-15(14-23)6-8-17/h3-8,13,16H,9-12H2,1-2H3. The van der Waals surface area contributed by atoms with Crippen molar-refractivity contribution in [3.05, 3.63) is 57.9 Å². The van der Waals surface area contributed by atoms with Crippen LogP contribution in [0, 0.1) is 11.3 Å². The van der Waals surface area contributed by atoms with Gasteiger partial charge in [-0.3, -0.25) is 9.59 Å². The molecule has 2 aromatic rings. The summed E-state index contributed by atoms with van der Waals surface area (Å²) < 4.78 is 0. The number of thiophene rings is 1. The lowest BCUT2D eigenvalue weighted by atomic mass is 10.0. The molecule has 4 rings (SSSR count). The number of carbonyl (C=O) groups excluding carboxylic acids is 2. The van der Waals surface area contributed by atoms with Crippen molar-refractivity contribution in [1.29, 1.82) is 5.26 Å². The van der Waals surface area contributed by atoms with Crippen LogP contribution < -0.4 is 4.90 Å². The third kappa shape index (κ3) is 3.46. The summed E-state index contributed by atoms with van der Waals surface area (Å²) in [5.41, 5.74) is 1.91. The molecule has 0 aliphatic carbocycles. The van der Waals surface area contributed by atoms with Gasteiger partial charge in [-0.2, -0.15) is 5.26 Å². The van der Waals surface area contributed by atoms with Crippen LogP contribution in [-0.2, 0) is 9.59 Å². The topological polar surface area (TPSA) is 67.7 Å². The number of carbonyl (C=O) groups is 2. The highest BCUT2D eigenvalue weighted by atomic mass is 32.1. The van der Waals surface area contributed by atoms with Crippen LogP contribution >= 0.6 is 11.3 Å². The number of nitriles is 1. The molecule has 1 fully saturated rings. The van der Waals surface area contributed by atoms with E-state index in [1.165, 1.54) is 16.2 Å². The number of anilines is 1. The van der Waals surface area contributed by atoms with Crippen LogP contribution in [0.4, 0.5) is 5.69 Å². The van der Waals surface area contributed by atoms with E-state index in [1.807, 2.05) is 29.5 Å². The van der Waals surface area contributed by atoms with Crippen molar-refractivity contribution in [3.8, 4) is 6.07 Å². The predicted octanol–water partition coefficient (Wildman–Crippen LogP) is 2.93. The summed E-state index contributed by atoms with van der Waals surface area (Å²) in [7, 11) is 4.02. The molecule has 1 aromatic carbocycles. The molecule has 0 radical (unpaired) electrons. The summed E-state index contributed by atoms with van der Waals surface area (Å²) in [6, 6.07) is 12.6. The molecule has 3 heterocycles. The van der Waals surface area contributed by atoms with E-state index in [0.717, 1.165) is 30.8 Å². The van der Waals surface area contributed by atoms with Gasteiger partial charge in [0, 0.05) is 18.0 Å². The maximum atomic E-state index is 13.5. The Morgan fingerprint density at radius 1 is 1.10 bits per heavy atom. The lowest BCUT2D eigenvalue weighted by Crippen LogP contribution is -2.43. The SMILES string of the molecule is CN1CCC(N(C)C2=C(c3cccs3)C(=O)N(c3ccc(C#N)cc3)C2=O)CC1. The molecular formula is C22H22N4O2S. The van der Waals surface area contributed by atoms with Crippen LogP contribution in [0.5, 0.6) is 0 Å². The lowest BCUT2D eigenvalue weighted by molar-refractivity contribution is -0.120. The predicted molar refractivity (Wildman–Crippen MR) is 113 cm³/mol. The summed E-state index contributed by atoms with van der Waals surface area (Å²) in [5, 5.41) is 10.9. The van der Waals surface area contributed by atoms with Gasteiger partial charge in [0.05, 0.1) is 22.9 Å². The highest BCUT2D eigenvalue weighted by Gasteiger charge is 2.43. The van der Waals surface area contributed by atoms with E-state index in [9.17, 15) is 9.59 Å². The van der Waals surface area contributed by atoms with Crippen LogP contribution in [0.25, 0.3) is 5.57 Å². The average molecular weight is 407 g/mol. The largest absolute Gasteiger partial charge is 0.366 e. The fraction of sp³-hybridized carbons (Fsp3) is 0.318. The minimum absolute atomic E-state index is 0.217. The maximum absolute atomic E-state index is 13.5. The van der Waals surface area contributed by atoms with Gasteiger partial charge in [-0.15, -0.1) is 11.3 Å². The van der Waals surface area contributed by atoms with Gasteiger partial charge in [-0.1, -0.05) is 6.07 Å². The van der Waals surface area contributed by atoms with E-state index in [4.69, 9.17) is 5.26 Å². The first kappa shape index (κ1) is 19.4. The van der Waals surface area contributed by atoms with Gasteiger partial charge in [0.1, 0.15) is 5.70 Å². The second-order valence-corrected chi connectivity index (χ2v) is 8.40. The van der Waals surface area contributed by atoms with Crippen LogP contribution in [0.3, 0.4) is 0 Å². The van der Waals surface area contributed by atoms with Crippen molar-refractivity contribution >= 4 is 34.4 Å². The number of rotatable bonds is 4. The maximum Gasteiger partial charge on any atom is 0.282 e. The zero-order valence-corrected chi connectivity index (χ0v) is 17.3. The highest BCUT2D eigenvalue weighted by molar-refractivity contribution is 7.11. The first-order valence-corrected chi connectivity index (χ1v) is 10.5. The van der Waals surface area contributed by atoms with Crippen molar-refractivity contribution in [1.82, 2.24) is 9.80 Å². The molecule has 7 heteroatoms. The smallest absolute Gasteiger partial charge is 0.282 e. The third-order valence-electron chi connectivity index (χ3n) is 5.67. The number of piperidine rings is 1. The van der Waals surface area contributed by atoms with Crippen LogP contribution in [-0.4, -0.2) is 54.8 Å². The van der Waals surface area contributed by atoms with E-state index in [0.29, 0.717) is 22.5 Å². The number of nitrogens with zero attached hydrogens (tertiary/aromatic N) is 4. The molecule has 148 valence electrons. The number of likely N-dealkylation sites (tertiary alicyclic amines) is 1. The van der Waals surface area contributed by atoms with Crippen molar-refractivity contribution in [3.63, 3.8) is 0 Å². The molecule has 1 saturated heterocycles. The fourth-order valence-corrected chi connectivity index (χ4v) is 4.74. The number of imide groups is 1. The molecule has 0 unspecified atom stereocenters. The fourth-order valence-electron chi connectivity index (χ4n) is 3.97.